The van der Waals surface area contributed by atoms with Crippen LogP contribution in [0.4, 0.5) is 8.78 Å². The van der Waals surface area contributed by atoms with E-state index in [-0.39, 0.29) is 12.6 Å². The minimum atomic E-state index is -0.440. The van der Waals surface area contributed by atoms with Crippen LogP contribution in [0.15, 0.2) is 24.4 Å². The maximum absolute atomic E-state index is 13.6. The summed E-state index contributed by atoms with van der Waals surface area (Å²) < 4.78 is 28.4. The number of rotatable bonds is 2. The number of hydrogen-bond donors (Lipinski definition) is 1. The van der Waals surface area contributed by atoms with E-state index < -0.39 is 11.6 Å². The number of nitrogens with two attached hydrogens (primary N) is 1. The highest BCUT2D eigenvalue weighted by Crippen LogP contribution is 2.26. The molecule has 0 fully saturated rings. The molecule has 0 bridgehead atoms. The lowest BCUT2D eigenvalue weighted by molar-refractivity contribution is 0.541. The monoisotopic (exact) mass is 263 g/mol. The molecule has 1 unspecified atom stereocenters. The number of hydrogen-bond acceptors (Lipinski definition) is 2. The van der Waals surface area contributed by atoms with E-state index in [1.54, 1.807) is 4.68 Å². The van der Waals surface area contributed by atoms with E-state index in [9.17, 15) is 8.78 Å². The fourth-order valence-corrected chi connectivity index (χ4v) is 2.55. The second kappa shape index (κ2) is 4.74. The Kier molecular flexibility index (Phi) is 3.06. The van der Waals surface area contributed by atoms with Crippen LogP contribution < -0.4 is 5.73 Å². The first-order chi connectivity index (χ1) is 9.13. The van der Waals surface area contributed by atoms with Gasteiger partial charge in [-0.25, -0.2) is 8.78 Å². The van der Waals surface area contributed by atoms with Gasteiger partial charge in [0.15, 0.2) is 0 Å². The first-order valence-corrected chi connectivity index (χ1v) is 6.39. The van der Waals surface area contributed by atoms with Gasteiger partial charge in [-0.05, 0) is 43.0 Å². The third kappa shape index (κ3) is 2.38. The van der Waals surface area contributed by atoms with Gasteiger partial charge in [-0.2, -0.15) is 5.10 Å². The average Bonchev–Trinajstić information content (AvgIpc) is 2.78. The standard InChI is InChI=1S/C14H15F2N3/c15-11-4-5-12(16)10(6-11)8-19-7-9-2-1-3-13(17)14(9)18-19/h4-7,13H,1-3,8,17H2. The Balaban J connectivity index is 1.89. The van der Waals surface area contributed by atoms with Crippen molar-refractivity contribution in [1.82, 2.24) is 9.78 Å². The van der Waals surface area contributed by atoms with Crippen molar-refractivity contribution in [2.45, 2.75) is 31.8 Å². The highest BCUT2D eigenvalue weighted by atomic mass is 19.1. The molecule has 0 amide bonds. The van der Waals surface area contributed by atoms with Gasteiger partial charge in [-0.1, -0.05) is 0 Å². The summed E-state index contributed by atoms with van der Waals surface area (Å²) in [4.78, 5) is 0. The third-order valence-corrected chi connectivity index (χ3v) is 3.52. The SMILES string of the molecule is NC1CCCc2cn(Cc3cc(F)ccc3F)nc21. The van der Waals surface area contributed by atoms with Crippen LogP contribution in [0.2, 0.25) is 0 Å². The fourth-order valence-electron chi connectivity index (χ4n) is 2.55. The summed E-state index contributed by atoms with van der Waals surface area (Å²) in [6, 6.07) is 3.42. The normalized spacial score (nSPS) is 18.4. The Labute approximate surface area is 110 Å². The van der Waals surface area contributed by atoms with E-state index >= 15 is 0 Å². The van der Waals surface area contributed by atoms with Crippen LogP contribution in [0.25, 0.3) is 0 Å². The van der Waals surface area contributed by atoms with Crippen molar-refractivity contribution in [2.75, 3.05) is 0 Å². The Morgan fingerprint density at radius 2 is 2.21 bits per heavy atom. The Bertz CT molecular complexity index is 607. The Morgan fingerprint density at radius 3 is 3.00 bits per heavy atom. The minimum Gasteiger partial charge on any atom is -0.323 e. The quantitative estimate of drug-likeness (QED) is 0.905. The molecular weight excluding hydrogens is 248 g/mol. The van der Waals surface area contributed by atoms with Crippen LogP contribution in [0, 0.1) is 11.6 Å². The fraction of sp³-hybridized carbons (Fsp3) is 0.357. The Morgan fingerprint density at radius 1 is 1.37 bits per heavy atom. The molecule has 3 rings (SSSR count). The van der Waals surface area contributed by atoms with Gasteiger partial charge < -0.3 is 5.73 Å². The zero-order valence-corrected chi connectivity index (χ0v) is 10.4. The molecule has 0 spiro atoms. The van der Waals surface area contributed by atoms with E-state index in [1.807, 2.05) is 6.20 Å². The van der Waals surface area contributed by atoms with Crippen molar-refractivity contribution >= 4 is 0 Å². The molecule has 1 heterocycles. The van der Waals surface area contributed by atoms with E-state index in [1.165, 1.54) is 6.07 Å². The van der Waals surface area contributed by atoms with Gasteiger partial charge >= 0.3 is 0 Å². The van der Waals surface area contributed by atoms with Crippen molar-refractivity contribution in [3.63, 3.8) is 0 Å². The maximum Gasteiger partial charge on any atom is 0.128 e. The summed E-state index contributed by atoms with van der Waals surface area (Å²) in [6.07, 6.45) is 4.82. The van der Waals surface area contributed by atoms with Gasteiger partial charge in [0.25, 0.3) is 0 Å². The molecule has 2 aromatic rings. The van der Waals surface area contributed by atoms with E-state index in [4.69, 9.17) is 5.73 Å². The topological polar surface area (TPSA) is 43.8 Å². The number of aromatic nitrogens is 2. The van der Waals surface area contributed by atoms with Crippen molar-refractivity contribution in [3.05, 3.63) is 52.9 Å². The highest BCUT2D eigenvalue weighted by molar-refractivity contribution is 5.25. The molecule has 1 atom stereocenters. The molecule has 0 saturated carbocycles. The molecule has 0 radical (unpaired) electrons. The van der Waals surface area contributed by atoms with Crippen LogP contribution >= 0.6 is 0 Å². The van der Waals surface area contributed by atoms with E-state index in [2.05, 4.69) is 5.10 Å². The van der Waals surface area contributed by atoms with Gasteiger partial charge in [0.05, 0.1) is 12.2 Å². The second-order valence-electron chi connectivity index (χ2n) is 4.97. The summed E-state index contributed by atoms with van der Waals surface area (Å²) >= 11 is 0. The van der Waals surface area contributed by atoms with Gasteiger partial charge in [0, 0.05) is 17.8 Å². The molecule has 5 heteroatoms. The predicted octanol–water partition coefficient (Wildman–Crippen LogP) is 2.55. The number of nitrogens with zero attached hydrogens (tertiary/aromatic N) is 2. The zero-order valence-electron chi connectivity index (χ0n) is 10.4. The highest BCUT2D eigenvalue weighted by Gasteiger charge is 2.20. The molecule has 19 heavy (non-hydrogen) atoms. The minimum absolute atomic E-state index is 0.0395. The van der Waals surface area contributed by atoms with Crippen molar-refractivity contribution in [2.24, 2.45) is 5.73 Å². The molecule has 1 aromatic heterocycles. The van der Waals surface area contributed by atoms with E-state index in [0.29, 0.717) is 5.56 Å². The molecule has 1 aromatic carbocycles. The molecule has 0 aliphatic heterocycles. The van der Waals surface area contributed by atoms with Gasteiger partial charge in [0.2, 0.25) is 0 Å². The lowest BCUT2D eigenvalue weighted by Crippen LogP contribution is -2.17. The van der Waals surface area contributed by atoms with Crippen LogP contribution in [-0.4, -0.2) is 9.78 Å². The summed E-state index contributed by atoms with van der Waals surface area (Å²) in [5, 5.41) is 4.40. The summed E-state index contributed by atoms with van der Waals surface area (Å²) in [5.74, 6) is -0.857. The lowest BCUT2D eigenvalue weighted by Gasteiger charge is -2.15. The number of fused-ring (bicyclic) bond motifs is 1. The van der Waals surface area contributed by atoms with Crippen LogP contribution in [0.5, 0.6) is 0 Å². The summed E-state index contributed by atoms with van der Waals surface area (Å²) in [6.45, 7) is 0.226. The first-order valence-electron chi connectivity index (χ1n) is 6.39. The predicted molar refractivity (Wildman–Crippen MR) is 67.6 cm³/mol. The Hall–Kier alpha value is -1.75. The van der Waals surface area contributed by atoms with Crippen LogP contribution in [0.1, 0.15) is 35.7 Å². The van der Waals surface area contributed by atoms with Gasteiger partial charge in [-0.3, -0.25) is 4.68 Å². The molecule has 100 valence electrons. The molecule has 1 aliphatic carbocycles. The molecule has 2 N–H and O–H groups in total. The number of benzene rings is 1. The zero-order chi connectivity index (χ0) is 13.4. The van der Waals surface area contributed by atoms with Crippen molar-refractivity contribution in [3.8, 4) is 0 Å². The average molecular weight is 263 g/mol. The molecular formula is C14H15F2N3. The van der Waals surface area contributed by atoms with Crippen molar-refractivity contribution in [1.29, 1.82) is 0 Å². The number of halogens is 2. The smallest absolute Gasteiger partial charge is 0.128 e. The largest absolute Gasteiger partial charge is 0.323 e. The molecule has 1 aliphatic rings. The molecule has 3 nitrogen and oxygen atoms in total. The number of aryl methyl sites for hydroxylation is 1. The summed E-state index contributed by atoms with van der Waals surface area (Å²) in [7, 11) is 0. The van der Waals surface area contributed by atoms with Gasteiger partial charge in [0.1, 0.15) is 11.6 Å². The van der Waals surface area contributed by atoms with Crippen LogP contribution in [-0.2, 0) is 13.0 Å². The van der Waals surface area contributed by atoms with Crippen molar-refractivity contribution < 1.29 is 8.78 Å². The first kappa shape index (κ1) is 12.3. The maximum atomic E-state index is 13.6. The van der Waals surface area contributed by atoms with Crippen LogP contribution in [0.3, 0.4) is 0 Å². The third-order valence-electron chi connectivity index (χ3n) is 3.52. The summed E-state index contributed by atoms with van der Waals surface area (Å²) in [5.41, 5.74) is 8.31. The van der Waals surface area contributed by atoms with Gasteiger partial charge in [-0.15, -0.1) is 0 Å². The second-order valence-corrected chi connectivity index (χ2v) is 4.97. The van der Waals surface area contributed by atoms with E-state index in [0.717, 1.165) is 42.7 Å². The lowest BCUT2D eigenvalue weighted by atomic mass is 9.95. The molecule has 0 saturated heterocycles.